The van der Waals surface area contributed by atoms with Gasteiger partial charge in [0.25, 0.3) is 5.91 Å². The molecule has 9 heteroatoms. The van der Waals surface area contributed by atoms with Gasteiger partial charge >= 0.3 is 6.18 Å². The SMILES string of the molecule is O=C(NCCNc1nsc2ccccc12)c1cc(C(F)(F)F)ccc1Cl. The molecule has 0 aliphatic rings. The van der Waals surface area contributed by atoms with Gasteiger partial charge in [-0.25, -0.2) is 0 Å². The normalized spacial score (nSPS) is 11.5. The first kappa shape index (κ1) is 18.5. The minimum absolute atomic E-state index is 0.0334. The molecular formula is C17H13ClF3N3OS. The Morgan fingerprint density at radius 1 is 1.15 bits per heavy atom. The number of anilines is 1. The summed E-state index contributed by atoms with van der Waals surface area (Å²) in [6, 6.07) is 10.4. The highest BCUT2D eigenvalue weighted by Crippen LogP contribution is 2.31. The van der Waals surface area contributed by atoms with Gasteiger partial charge in [-0.15, -0.1) is 0 Å². The minimum Gasteiger partial charge on any atom is -0.367 e. The second-order valence-electron chi connectivity index (χ2n) is 5.40. The molecule has 0 radical (unpaired) electrons. The zero-order valence-corrected chi connectivity index (χ0v) is 14.8. The quantitative estimate of drug-likeness (QED) is 0.605. The fourth-order valence-corrected chi connectivity index (χ4v) is 3.30. The van der Waals surface area contributed by atoms with E-state index in [4.69, 9.17) is 11.6 Å². The summed E-state index contributed by atoms with van der Waals surface area (Å²) in [5.41, 5.74) is -1.13. The molecule has 26 heavy (non-hydrogen) atoms. The first-order valence-corrected chi connectivity index (χ1v) is 8.74. The Bertz CT molecular complexity index is 942. The topological polar surface area (TPSA) is 54.0 Å². The Kier molecular flexibility index (Phi) is 5.33. The Hall–Kier alpha value is -2.32. The van der Waals surface area contributed by atoms with Crippen molar-refractivity contribution in [3.63, 3.8) is 0 Å². The molecule has 0 fully saturated rings. The monoisotopic (exact) mass is 399 g/mol. The molecule has 0 bridgehead atoms. The molecule has 0 unspecified atom stereocenters. The lowest BCUT2D eigenvalue weighted by Crippen LogP contribution is -2.29. The fraction of sp³-hybridized carbons (Fsp3) is 0.176. The van der Waals surface area contributed by atoms with Crippen LogP contribution in [0.2, 0.25) is 5.02 Å². The number of carbonyl (C=O) groups is 1. The first-order chi connectivity index (χ1) is 12.4. The molecule has 2 aromatic carbocycles. The van der Waals surface area contributed by atoms with Crippen LogP contribution in [0.3, 0.4) is 0 Å². The number of nitrogens with one attached hydrogen (secondary N) is 2. The average molecular weight is 400 g/mol. The number of amides is 1. The van der Waals surface area contributed by atoms with Gasteiger partial charge in [-0.3, -0.25) is 4.79 Å². The Balaban J connectivity index is 1.59. The standard InChI is InChI=1S/C17H13ClF3N3OS/c18-13-6-5-10(17(19,20)21)9-12(13)16(25)23-8-7-22-15-11-3-1-2-4-14(11)26-24-15/h1-6,9H,7-8H2,(H,22,24)(H,23,25). The predicted molar refractivity (Wildman–Crippen MR) is 96.9 cm³/mol. The van der Waals surface area contributed by atoms with Crippen molar-refractivity contribution in [1.82, 2.24) is 9.69 Å². The van der Waals surface area contributed by atoms with E-state index in [-0.39, 0.29) is 17.1 Å². The van der Waals surface area contributed by atoms with Crippen LogP contribution < -0.4 is 10.6 Å². The van der Waals surface area contributed by atoms with Crippen LogP contribution in [-0.2, 0) is 6.18 Å². The number of hydrogen-bond donors (Lipinski definition) is 2. The van der Waals surface area contributed by atoms with E-state index in [1.165, 1.54) is 11.5 Å². The van der Waals surface area contributed by atoms with E-state index >= 15 is 0 Å². The number of halogens is 4. The van der Waals surface area contributed by atoms with Crippen molar-refractivity contribution in [2.24, 2.45) is 0 Å². The van der Waals surface area contributed by atoms with E-state index in [0.29, 0.717) is 12.4 Å². The fourth-order valence-electron chi connectivity index (χ4n) is 2.34. The largest absolute Gasteiger partial charge is 0.416 e. The third-order valence-electron chi connectivity index (χ3n) is 3.62. The van der Waals surface area contributed by atoms with E-state index in [9.17, 15) is 18.0 Å². The van der Waals surface area contributed by atoms with E-state index in [2.05, 4.69) is 15.0 Å². The van der Waals surface area contributed by atoms with Crippen molar-refractivity contribution >= 4 is 44.9 Å². The second kappa shape index (κ2) is 7.51. The second-order valence-corrected chi connectivity index (χ2v) is 6.61. The smallest absolute Gasteiger partial charge is 0.367 e. The van der Waals surface area contributed by atoms with Crippen molar-refractivity contribution in [1.29, 1.82) is 0 Å². The van der Waals surface area contributed by atoms with Crippen LogP contribution in [0.5, 0.6) is 0 Å². The van der Waals surface area contributed by atoms with Crippen LogP contribution in [0.15, 0.2) is 42.5 Å². The number of hydrogen-bond acceptors (Lipinski definition) is 4. The molecular weight excluding hydrogens is 387 g/mol. The molecule has 3 rings (SSSR count). The summed E-state index contributed by atoms with van der Waals surface area (Å²) in [6.45, 7) is 0.577. The van der Waals surface area contributed by atoms with Crippen LogP contribution in [0.4, 0.5) is 19.0 Å². The van der Waals surface area contributed by atoms with Crippen molar-refractivity contribution < 1.29 is 18.0 Å². The number of rotatable bonds is 5. The van der Waals surface area contributed by atoms with Gasteiger partial charge in [-0.1, -0.05) is 23.7 Å². The highest BCUT2D eigenvalue weighted by molar-refractivity contribution is 7.13. The molecule has 136 valence electrons. The Labute approximate surface area is 156 Å². The van der Waals surface area contributed by atoms with Crippen molar-refractivity contribution in [2.75, 3.05) is 18.4 Å². The minimum atomic E-state index is -4.53. The first-order valence-electron chi connectivity index (χ1n) is 7.59. The molecule has 0 saturated heterocycles. The lowest BCUT2D eigenvalue weighted by Gasteiger charge is -2.11. The van der Waals surface area contributed by atoms with Gasteiger partial charge in [0.1, 0.15) is 5.82 Å². The van der Waals surface area contributed by atoms with E-state index in [0.717, 1.165) is 28.3 Å². The average Bonchev–Trinajstić information content (AvgIpc) is 3.01. The molecule has 0 spiro atoms. The Morgan fingerprint density at radius 3 is 2.69 bits per heavy atom. The number of benzene rings is 2. The molecule has 0 aliphatic carbocycles. The molecule has 0 atom stereocenters. The van der Waals surface area contributed by atoms with E-state index < -0.39 is 17.6 Å². The van der Waals surface area contributed by atoms with Crippen molar-refractivity contribution in [3.8, 4) is 0 Å². The van der Waals surface area contributed by atoms with Crippen LogP contribution in [0.1, 0.15) is 15.9 Å². The van der Waals surface area contributed by atoms with Gasteiger partial charge in [0.2, 0.25) is 0 Å². The summed E-state index contributed by atoms with van der Waals surface area (Å²) in [7, 11) is 0. The van der Waals surface area contributed by atoms with E-state index in [1.807, 2.05) is 24.3 Å². The van der Waals surface area contributed by atoms with Gasteiger partial charge in [-0.05, 0) is 41.9 Å². The highest BCUT2D eigenvalue weighted by atomic mass is 35.5. The molecule has 0 saturated carbocycles. The molecule has 1 heterocycles. The van der Waals surface area contributed by atoms with Crippen LogP contribution in [0, 0.1) is 0 Å². The zero-order chi connectivity index (χ0) is 18.7. The number of carbonyl (C=O) groups excluding carboxylic acids is 1. The van der Waals surface area contributed by atoms with Crippen molar-refractivity contribution in [2.45, 2.75) is 6.18 Å². The van der Waals surface area contributed by atoms with Gasteiger partial charge in [0.05, 0.1) is 20.8 Å². The molecule has 1 aromatic heterocycles. The van der Waals surface area contributed by atoms with Crippen LogP contribution in [0.25, 0.3) is 10.1 Å². The maximum Gasteiger partial charge on any atom is 0.416 e. The lowest BCUT2D eigenvalue weighted by atomic mass is 10.1. The molecule has 1 amide bonds. The Morgan fingerprint density at radius 2 is 1.92 bits per heavy atom. The maximum absolute atomic E-state index is 12.8. The molecule has 2 N–H and O–H groups in total. The van der Waals surface area contributed by atoms with Crippen LogP contribution >= 0.6 is 23.1 Å². The van der Waals surface area contributed by atoms with Gasteiger partial charge in [-0.2, -0.15) is 17.5 Å². The molecule has 3 aromatic rings. The maximum atomic E-state index is 12.8. The van der Waals surface area contributed by atoms with Gasteiger partial charge in [0, 0.05) is 18.5 Å². The molecule has 0 aliphatic heterocycles. The summed E-state index contributed by atoms with van der Waals surface area (Å²) < 4.78 is 43.6. The zero-order valence-electron chi connectivity index (χ0n) is 13.2. The number of alkyl halides is 3. The van der Waals surface area contributed by atoms with E-state index in [1.54, 1.807) is 0 Å². The summed E-state index contributed by atoms with van der Waals surface area (Å²) in [6.07, 6.45) is -4.53. The van der Waals surface area contributed by atoms with Gasteiger partial charge in [0.15, 0.2) is 0 Å². The summed E-state index contributed by atoms with van der Waals surface area (Å²) in [4.78, 5) is 12.1. The number of aromatic nitrogens is 1. The van der Waals surface area contributed by atoms with Crippen LogP contribution in [-0.4, -0.2) is 23.4 Å². The summed E-state index contributed by atoms with van der Waals surface area (Å²) in [5.74, 6) is 0.0444. The molecule has 4 nitrogen and oxygen atoms in total. The highest BCUT2D eigenvalue weighted by Gasteiger charge is 2.31. The van der Waals surface area contributed by atoms with Gasteiger partial charge < -0.3 is 10.6 Å². The third kappa shape index (κ3) is 4.08. The van der Waals surface area contributed by atoms with Crippen molar-refractivity contribution in [3.05, 3.63) is 58.6 Å². The summed E-state index contributed by atoms with van der Waals surface area (Å²) in [5, 5.41) is 6.59. The lowest BCUT2D eigenvalue weighted by molar-refractivity contribution is -0.137. The summed E-state index contributed by atoms with van der Waals surface area (Å²) >= 11 is 7.21. The number of fused-ring (bicyclic) bond motifs is 1. The predicted octanol–water partition coefficient (Wildman–Crippen LogP) is 4.81. The third-order valence-corrected chi connectivity index (χ3v) is 4.77. The number of nitrogens with zero attached hydrogens (tertiary/aromatic N) is 1.